The van der Waals surface area contributed by atoms with Crippen molar-refractivity contribution in [3.05, 3.63) is 15.9 Å². The van der Waals surface area contributed by atoms with Gasteiger partial charge in [-0.2, -0.15) is 4.31 Å². The number of halogens is 1. The summed E-state index contributed by atoms with van der Waals surface area (Å²) in [6.07, 6.45) is 0.842. The van der Waals surface area contributed by atoms with Crippen LogP contribution in [0.1, 0.15) is 13.3 Å². The number of ether oxygens (including phenoxy) is 1. The summed E-state index contributed by atoms with van der Waals surface area (Å²) in [5, 5.41) is 1.77. The van der Waals surface area contributed by atoms with E-state index in [2.05, 4.69) is 15.9 Å². The molecule has 0 radical (unpaired) electrons. The van der Waals surface area contributed by atoms with Gasteiger partial charge in [-0.15, -0.1) is 11.3 Å². The highest BCUT2D eigenvalue weighted by molar-refractivity contribution is 9.10. The van der Waals surface area contributed by atoms with E-state index in [0.29, 0.717) is 28.4 Å². The van der Waals surface area contributed by atoms with E-state index in [1.165, 1.54) is 15.6 Å². The number of thiophene rings is 1. The Balaban J connectivity index is 2.24. The highest BCUT2D eigenvalue weighted by atomic mass is 79.9. The fourth-order valence-electron chi connectivity index (χ4n) is 1.74. The van der Waals surface area contributed by atoms with E-state index in [1.807, 2.05) is 6.92 Å². The van der Waals surface area contributed by atoms with E-state index < -0.39 is 10.0 Å². The van der Waals surface area contributed by atoms with Crippen LogP contribution < -0.4 is 0 Å². The van der Waals surface area contributed by atoms with Crippen molar-refractivity contribution in [1.29, 1.82) is 0 Å². The Hall–Kier alpha value is 0.0500. The molecule has 1 aromatic rings. The fraction of sp³-hybridized carbons (Fsp3) is 0.600. The number of nitrogens with zero attached hydrogens (tertiary/aromatic N) is 1. The highest BCUT2D eigenvalue weighted by Gasteiger charge is 2.32. The first-order valence-electron chi connectivity index (χ1n) is 5.40. The maximum Gasteiger partial charge on any atom is 0.253 e. The summed E-state index contributed by atoms with van der Waals surface area (Å²) in [6, 6.07) is 1.76. The molecule has 7 heteroatoms. The number of rotatable bonds is 3. The van der Waals surface area contributed by atoms with E-state index in [4.69, 9.17) is 4.74 Å². The third-order valence-corrected chi connectivity index (χ3v) is 7.23. The molecular weight excluding hydrogens is 326 g/mol. The third kappa shape index (κ3) is 2.73. The van der Waals surface area contributed by atoms with Crippen molar-refractivity contribution in [3.8, 4) is 0 Å². The average Bonchev–Trinajstić information content (AvgIpc) is 2.76. The Morgan fingerprint density at radius 3 is 3.00 bits per heavy atom. The lowest BCUT2D eigenvalue weighted by Gasteiger charge is -2.31. The van der Waals surface area contributed by atoms with Crippen molar-refractivity contribution in [2.24, 2.45) is 0 Å². The maximum absolute atomic E-state index is 12.4. The van der Waals surface area contributed by atoms with Crippen LogP contribution in [0.3, 0.4) is 0 Å². The molecule has 0 amide bonds. The van der Waals surface area contributed by atoms with Gasteiger partial charge in [0.25, 0.3) is 10.0 Å². The van der Waals surface area contributed by atoms with Gasteiger partial charge < -0.3 is 4.74 Å². The van der Waals surface area contributed by atoms with Gasteiger partial charge >= 0.3 is 0 Å². The Morgan fingerprint density at radius 1 is 1.65 bits per heavy atom. The third-order valence-electron chi connectivity index (χ3n) is 2.72. The maximum atomic E-state index is 12.4. The van der Waals surface area contributed by atoms with Crippen LogP contribution >= 0.6 is 27.3 Å². The van der Waals surface area contributed by atoms with Crippen molar-refractivity contribution in [3.63, 3.8) is 0 Å². The minimum atomic E-state index is -3.37. The molecule has 1 aromatic heterocycles. The van der Waals surface area contributed by atoms with E-state index in [0.717, 1.165) is 6.42 Å². The lowest BCUT2D eigenvalue weighted by Crippen LogP contribution is -2.45. The summed E-state index contributed by atoms with van der Waals surface area (Å²) in [6.45, 7) is 3.36. The van der Waals surface area contributed by atoms with Crippen molar-refractivity contribution in [1.82, 2.24) is 4.31 Å². The SMILES string of the molecule is CCC1CN(S(=O)(=O)c2sccc2Br)CCO1. The fourth-order valence-corrected chi connectivity index (χ4v) is 5.64. The summed E-state index contributed by atoms with van der Waals surface area (Å²) in [7, 11) is -3.37. The molecule has 1 atom stereocenters. The van der Waals surface area contributed by atoms with Gasteiger partial charge in [0, 0.05) is 17.6 Å². The van der Waals surface area contributed by atoms with Crippen LogP contribution in [0.2, 0.25) is 0 Å². The average molecular weight is 340 g/mol. The molecule has 1 saturated heterocycles. The smallest absolute Gasteiger partial charge is 0.253 e. The molecule has 96 valence electrons. The molecule has 2 heterocycles. The van der Waals surface area contributed by atoms with Crippen LogP contribution in [-0.4, -0.2) is 38.5 Å². The van der Waals surface area contributed by atoms with E-state index >= 15 is 0 Å². The molecule has 0 bridgehead atoms. The Morgan fingerprint density at radius 2 is 2.41 bits per heavy atom. The second kappa shape index (κ2) is 5.36. The zero-order valence-electron chi connectivity index (χ0n) is 9.43. The van der Waals surface area contributed by atoms with E-state index in [1.54, 1.807) is 11.4 Å². The first-order chi connectivity index (χ1) is 8.05. The van der Waals surface area contributed by atoms with Gasteiger partial charge in [-0.3, -0.25) is 0 Å². The predicted octanol–water partition coefficient (Wildman–Crippen LogP) is 2.31. The normalized spacial score (nSPS) is 22.8. The van der Waals surface area contributed by atoms with Crippen molar-refractivity contribution in [2.75, 3.05) is 19.7 Å². The second-order valence-electron chi connectivity index (χ2n) is 3.82. The molecule has 4 nitrogen and oxygen atoms in total. The van der Waals surface area contributed by atoms with Crippen LogP contribution in [-0.2, 0) is 14.8 Å². The van der Waals surface area contributed by atoms with Gasteiger partial charge in [0.15, 0.2) is 0 Å². The van der Waals surface area contributed by atoms with Gasteiger partial charge in [0.05, 0.1) is 12.7 Å². The molecule has 1 aliphatic rings. The topological polar surface area (TPSA) is 46.6 Å². The Bertz CT molecular complexity index is 485. The van der Waals surface area contributed by atoms with Crippen LogP contribution in [0.25, 0.3) is 0 Å². The van der Waals surface area contributed by atoms with Crippen LogP contribution in [0, 0.1) is 0 Å². The molecule has 0 aromatic carbocycles. The summed E-state index contributed by atoms with van der Waals surface area (Å²) in [5.74, 6) is 0. The molecule has 0 aliphatic carbocycles. The van der Waals surface area contributed by atoms with Crippen molar-refractivity contribution in [2.45, 2.75) is 23.7 Å². The standard InChI is InChI=1S/C10H14BrNO3S2/c1-2-8-7-12(4-5-15-8)17(13,14)10-9(11)3-6-16-10/h3,6,8H,2,4-5,7H2,1H3. The lowest BCUT2D eigenvalue weighted by molar-refractivity contribution is -0.00273. The molecule has 17 heavy (non-hydrogen) atoms. The van der Waals surface area contributed by atoms with E-state index in [-0.39, 0.29) is 6.10 Å². The minimum absolute atomic E-state index is 0.0114. The first kappa shape index (κ1) is 13.5. The molecule has 1 unspecified atom stereocenters. The lowest BCUT2D eigenvalue weighted by atomic mass is 10.2. The van der Waals surface area contributed by atoms with Crippen molar-refractivity contribution >= 4 is 37.3 Å². The molecule has 0 spiro atoms. The molecule has 1 aliphatic heterocycles. The quantitative estimate of drug-likeness (QED) is 0.848. The second-order valence-corrected chi connectivity index (χ2v) is 7.72. The van der Waals surface area contributed by atoms with Gasteiger partial charge in [-0.25, -0.2) is 8.42 Å². The first-order valence-corrected chi connectivity index (χ1v) is 8.51. The zero-order chi connectivity index (χ0) is 12.5. The summed E-state index contributed by atoms with van der Waals surface area (Å²) in [4.78, 5) is 0. The monoisotopic (exact) mass is 339 g/mol. The molecular formula is C10H14BrNO3S2. The number of sulfonamides is 1. The molecule has 1 fully saturated rings. The number of morpholine rings is 1. The van der Waals surface area contributed by atoms with Crippen molar-refractivity contribution < 1.29 is 13.2 Å². The van der Waals surface area contributed by atoms with Gasteiger partial charge in [-0.1, -0.05) is 6.92 Å². The van der Waals surface area contributed by atoms with Crippen LogP contribution in [0.4, 0.5) is 0 Å². The predicted molar refractivity (Wildman–Crippen MR) is 70.8 cm³/mol. The summed E-state index contributed by atoms with van der Waals surface area (Å²) >= 11 is 4.52. The molecule has 2 rings (SSSR count). The largest absolute Gasteiger partial charge is 0.375 e. The Kier molecular flexibility index (Phi) is 4.25. The van der Waals surface area contributed by atoms with Gasteiger partial charge in [0.1, 0.15) is 4.21 Å². The minimum Gasteiger partial charge on any atom is -0.375 e. The molecule has 0 N–H and O–H groups in total. The number of hydrogen-bond donors (Lipinski definition) is 0. The number of hydrogen-bond acceptors (Lipinski definition) is 4. The van der Waals surface area contributed by atoms with E-state index in [9.17, 15) is 8.42 Å². The van der Waals surface area contributed by atoms with Gasteiger partial charge in [0.2, 0.25) is 0 Å². The Labute approximate surface area is 114 Å². The highest BCUT2D eigenvalue weighted by Crippen LogP contribution is 2.31. The van der Waals surface area contributed by atoms with Crippen LogP contribution in [0.5, 0.6) is 0 Å². The summed E-state index contributed by atoms with van der Waals surface area (Å²) in [5.41, 5.74) is 0. The summed E-state index contributed by atoms with van der Waals surface area (Å²) < 4.78 is 32.8. The van der Waals surface area contributed by atoms with Crippen LogP contribution in [0.15, 0.2) is 20.1 Å². The molecule has 0 saturated carbocycles. The van der Waals surface area contributed by atoms with Gasteiger partial charge in [-0.05, 0) is 33.8 Å². The zero-order valence-corrected chi connectivity index (χ0v) is 12.6.